The normalized spacial score (nSPS) is 20.3. The van der Waals surface area contributed by atoms with E-state index in [4.69, 9.17) is 11.6 Å². The van der Waals surface area contributed by atoms with Crippen molar-refractivity contribution in [2.75, 3.05) is 74.9 Å². The lowest BCUT2D eigenvalue weighted by molar-refractivity contribution is -0.144. The number of hydrogen-bond donors (Lipinski definition) is 5. The van der Waals surface area contributed by atoms with Crippen molar-refractivity contribution in [2.24, 2.45) is 10.8 Å². The lowest BCUT2D eigenvalue weighted by atomic mass is 9.72. The van der Waals surface area contributed by atoms with Crippen molar-refractivity contribution in [2.45, 2.75) is 182 Å². The number of nitrogens with one attached hydrogen (secondary N) is 4. The van der Waals surface area contributed by atoms with Crippen LogP contribution in [0.15, 0.2) is 147 Å². The number of benzene rings is 5. The van der Waals surface area contributed by atoms with Crippen LogP contribution in [0.1, 0.15) is 145 Å². The molecule has 106 heavy (non-hydrogen) atoms. The Labute approximate surface area is 633 Å². The zero-order chi connectivity index (χ0) is 76.0. The number of rotatable bonds is 28. The van der Waals surface area contributed by atoms with Crippen molar-refractivity contribution in [3.05, 3.63) is 160 Å². The Hall–Kier alpha value is -7.37. The maximum atomic E-state index is 14.6. The summed E-state index contributed by atoms with van der Waals surface area (Å²) < 4.78 is 101. The third kappa shape index (κ3) is 19.5. The Kier molecular flexibility index (Phi) is 25.3. The number of aliphatic hydroxyl groups excluding tert-OH is 1. The number of piperazine rings is 2. The molecular formula is C78H96ClF3N10O10S4. The van der Waals surface area contributed by atoms with Crippen LogP contribution in [0.5, 0.6) is 0 Å². The van der Waals surface area contributed by atoms with Gasteiger partial charge < -0.3 is 35.8 Å². The molecule has 4 fully saturated rings. The van der Waals surface area contributed by atoms with Crippen molar-refractivity contribution >= 4 is 101 Å². The van der Waals surface area contributed by atoms with Gasteiger partial charge in [-0.3, -0.25) is 33.8 Å². The van der Waals surface area contributed by atoms with E-state index < -0.39 is 94.3 Å². The molecule has 6 aromatic rings. The van der Waals surface area contributed by atoms with Crippen LogP contribution in [0.2, 0.25) is 5.02 Å². The Morgan fingerprint density at radius 1 is 0.802 bits per heavy atom. The molecule has 0 saturated carbocycles. The van der Waals surface area contributed by atoms with Crippen molar-refractivity contribution in [1.29, 1.82) is 0 Å². The van der Waals surface area contributed by atoms with Gasteiger partial charge in [-0.1, -0.05) is 113 Å². The summed E-state index contributed by atoms with van der Waals surface area (Å²) in [5.74, 6) is -2.09. The summed E-state index contributed by atoms with van der Waals surface area (Å²) in [4.78, 5) is 83.0. The van der Waals surface area contributed by atoms with Crippen LogP contribution in [0.3, 0.4) is 0 Å². The number of aryl methyl sites for hydroxylation is 1. The van der Waals surface area contributed by atoms with Gasteiger partial charge in [-0.2, -0.15) is 13.2 Å². The predicted octanol–water partition coefficient (Wildman–Crippen LogP) is 12.5. The molecule has 5 heterocycles. The van der Waals surface area contributed by atoms with E-state index in [1.165, 1.54) is 45.5 Å². The molecule has 5 aliphatic rings. The van der Waals surface area contributed by atoms with E-state index in [-0.39, 0.29) is 60.4 Å². The Balaban J connectivity index is 0.648. The number of aromatic nitrogens is 1. The molecule has 0 spiro atoms. The number of aliphatic hydroxyl groups is 1. The quantitative estimate of drug-likeness (QED) is 0.0226. The average Bonchev–Trinajstić information content (AvgIpc) is 1.37. The summed E-state index contributed by atoms with van der Waals surface area (Å²) in [6.07, 6.45) is 5.32. The molecule has 7 atom stereocenters. The molecule has 1 aromatic heterocycles. The second-order valence-electron chi connectivity index (χ2n) is 30.6. The highest BCUT2D eigenvalue weighted by atomic mass is 35.5. The first-order valence-corrected chi connectivity index (χ1v) is 41.5. The molecular weight excluding hydrogens is 1460 g/mol. The molecule has 3 unspecified atom stereocenters. The van der Waals surface area contributed by atoms with Crippen LogP contribution in [-0.2, 0) is 39.0 Å². The number of allylic oxidation sites excluding steroid dienone is 1. The largest absolute Gasteiger partial charge is 0.501 e. The fraction of sp³-hybridized carbons (Fsp3) is 0.487. The minimum atomic E-state index is -6.19. The molecule has 2 bridgehead atoms. The van der Waals surface area contributed by atoms with Gasteiger partial charge in [0.25, 0.3) is 25.8 Å². The molecule has 1 aliphatic carbocycles. The molecule has 5 aromatic carbocycles. The SMILES string of the molecule is Cc1ncsc1-c1ccc(C(C)NC(=O)[C@@H]2C[C@@H](O)CN2C(=O)[C@@H](NC(=O)CCCCCC(=O)N2CCN(CC[C@H](CSc3ccccc3)Nc3ccc(S(=O)(=O)NC(=O)c4ccc(N5CC6CC5CN6CC5=C(c6ccc(Cl)cc6)CCC(C)(C)C5)cc4)cc3S(=O)(=O)C(F)(F)F)CC2)C(C)(C)C)cc1. The third-order valence-electron chi connectivity index (χ3n) is 21.1. The number of hydrogen-bond acceptors (Lipinski definition) is 17. The van der Waals surface area contributed by atoms with E-state index >= 15 is 0 Å². The van der Waals surface area contributed by atoms with Gasteiger partial charge in [0, 0.05) is 123 Å². The number of β-amino-alcohol motifs (C(OH)–C–C–N with tert-alkyl or cyclic N) is 1. The molecule has 28 heteroatoms. The summed E-state index contributed by atoms with van der Waals surface area (Å²) >= 11 is 9.19. The van der Waals surface area contributed by atoms with Crippen molar-refractivity contribution in [1.82, 2.24) is 39.9 Å². The topological polar surface area (TPSA) is 251 Å². The Bertz CT molecular complexity index is 4400. The predicted molar refractivity (Wildman–Crippen MR) is 410 cm³/mol. The molecule has 4 saturated heterocycles. The van der Waals surface area contributed by atoms with Gasteiger partial charge in [0.1, 0.15) is 17.0 Å². The van der Waals surface area contributed by atoms with Crippen molar-refractivity contribution in [3.63, 3.8) is 0 Å². The monoisotopic (exact) mass is 1550 g/mol. The number of nitrogens with zero attached hydrogens (tertiary/aromatic N) is 6. The van der Waals surface area contributed by atoms with Gasteiger partial charge in [0.05, 0.1) is 38.8 Å². The standard InChI is InChI=1S/C78H96ClF3N10O10S4/c1-50(52-18-20-54(21-19-52)71-51(2)83-49-104-71)84-74(97)67-41-62(93)47-92(67)75(98)72(76(3,4)5)86-69(94)16-12-9-13-17-70(95)89-38-36-88(37-39-89)35-33-58(48-103-63-14-10-8-11-15-63)85-66-31-30-64(42-68(66)105(99,100)78(80,81)82)106(101,102)87-73(96)55-24-28-59(29-25-55)91-46-60-40-61(91)45-90(60)44-56-43-77(6,7)34-32-65(56)53-22-26-57(79)27-23-53/h8,10-11,14-15,18-31,42,49-50,58,60-62,67,72,85,93H,9,12-13,16-17,32-41,43-48H2,1-7H3,(H,84,97)(H,86,94)(H,87,96)/t50?,58-,60?,61?,62-,67+,72-/m1/s1. The summed E-state index contributed by atoms with van der Waals surface area (Å²) in [6.45, 7) is 18.5. The van der Waals surface area contributed by atoms with Gasteiger partial charge in [-0.25, -0.2) is 26.5 Å². The summed E-state index contributed by atoms with van der Waals surface area (Å²) in [5.41, 5.74) is 2.62. The second kappa shape index (κ2) is 33.6. The number of fused-ring (bicyclic) bond motifs is 2. The fourth-order valence-electron chi connectivity index (χ4n) is 15.1. The van der Waals surface area contributed by atoms with Crippen LogP contribution in [0, 0.1) is 17.8 Å². The lowest BCUT2D eigenvalue weighted by Crippen LogP contribution is -2.57. The van der Waals surface area contributed by atoms with Gasteiger partial charge in [-0.15, -0.1) is 23.1 Å². The highest BCUT2D eigenvalue weighted by Crippen LogP contribution is 2.45. The first kappa shape index (κ1) is 79.7. The number of likely N-dealkylation sites (tertiary alicyclic amines) is 2. The molecule has 0 radical (unpaired) electrons. The molecule has 5 N–H and O–H groups in total. The smallest absolute Gasteiger partial charge is 0.391 e. The van der Waals surface area contributed by atoms with Crippen molar-refractivity contribution in [3.8, 4) is 10.4 Å². The van der Waals surface area contributed by atoms with Crippen LogP contribution in [-0.4, -0.2) is 183 Å². The maximum absolute atomic E-state index is 14.6. The number of anilines is 2. The Morgan fingerprint density at radius 2 is 1.49 bits per heavy atom. The molecule has 570 valence electrons. The number of sulfone groups is 1. The minimum absolute atomic E-state index is 0.0307. The second-order valence-corrected chi connectivity index (χ2v) is 36.5. The lowest BCUT2D eigenvalue weighted by Gasteiger charge is -2.39. The van der Waals surface area contributed by atoms with Crippen LogP contribution < -0.4 is 25.6 Å². The van der Waals surface area contributed by atoms with E-state index in [1.807, 2.05) is 106 Å². The van der Waals surface area contributed by atoms with Crippen LogP contribution in [0.4, 0.5) is 24.5 Å². The first-order valence-electron chi connectivity index (χ1n) is 36.3. The number of alkyl halides is 3. The summed E-state index contributed by atoms with van der Waals surface area (Å²) in [7, 11) is -11.1. The third-order valence-corrected chi connectivity index (χ3v) is 26.3. The number of unbranched alkanes of at least 4 members (excludes halogenated alkanes) is 2. The van der Waals surface area contributed by atoms with E-state index in [9.17, 15) is 59.1 Å². The summed E-state index contributed by atoms with van der Waals surface area (Å²) in [6, 6.07) is 31.5. The number of halogens is 4. The number of carbonyl (C=O) groups is 5. The highest BCUT2D eigenvalue weighted by Gasteiger charge is 2.50. The Morgan fingerprint density at radius 3 is 2.14 bits per heavy atom. The zero-order valence-corrected chi connectivity index (χ0v) is 65.0. The van der Waals surface area contributed by atoms with E-state index in [2.05, 4.69) is 61.6 Å². The maximum Gasteiger partial charge on any atom is 0.501 e. The van der Waals surface area contributed by atoms with Gasteiger partial charge in [0.2, 0.25) is 23.6 Å². The molecule has 11 rings (SSSR count). The molecule has 5 amide bonds. The average molecular weight is 1550 g/mol. The fourth-order valence-corrected chi connectivity index (χ4v) is 19.0. The molecule has 4 aliphatic heterocycles. The van der Waals surface area contributed by atoms with E-state index in [0.717, 1.165) is 89.7 Å². The van der Waals surface area contributed by atoms with Crippen LogP contribution >= 0.6 is 34.7 Å². The van der Waals surface area contributed by atoms with E-state index in [1.54, 1.807) is 33.9 Å². The van der Waals surface area contributed by atoms with Crippen molar-refractivity contribution < 1.29 is 59.1 Å². The van der Waals surface area contributed by atoms with E-state index in [0.29, 0.717) is 75.5 Å². The van der Waals surface area contributed by atoms with Gasteiger partial charge in [0.15, 0.2) is 0 Å². The highest BCUT2D eigenvalue weighted by molar-refractivity contribution is 7.99. The summed E-state index contributed by atoms with van der Waals surface area (Å²) in [5, 5.41) is 20.4. The number of amides is 5. The first-order chi connectivity index (χ1) is 50.2. The van der Waals surface area contributed by atoms with Crippen LogP contribution in [0.25, 0.3) is 16.0 Å². The molecule has 20 nitrogen and oxygen atoms in total. The minimum Gasteiger partial charge on any atom is -0.391 e. The number of carbonyl (C=O) groups excluding carboxylic acids is 5. The van der Waals surface area contributed by atoms with Gasteiger partial charge >= 0.3 is 5.51 Å². The number of thioether (sulfide) groups is 1. The zero-order valence-electron chi connectivity index (χ0n) is 61.0. The van der Waals surface area contributed by atoms with Gasteiger partial charge in [-0.05, 0) is 159 Å². The number of sulfonamides is 1. The number of thiazole rings is 1.